The number of halogens is 1. The fourth-order valence-electron chi connectivity index (χ4n) is 3.29. The molecule has 29 heavy (non-hydrogen) atoms. The van der Waals surface area contributed by atoms with Crippen molar-refractivity contribution in [3.05, 3.63) is 88.4 Å². The molecule has 0 spiro atoms. The Balaban J connectivity index is 1.61. The van der Waals surface area contributed by atoms with E-state index in [1.54, 1.807) is 18.9 Å². The summed E-state index contributed by atoms with van der Waals surface area (Å²) in [5.41, 5.74) is 1.63. The molecule has 0 saturated carbocycles. The van der Waals surface area contributed by atoms with Crippen molar-refractivity contribution in [2.24, 2.45) is 0 Å². The monoisotopic (exact) mass is 469 g/mol. The quantitative estimate of drug-likeness (QED) is 0.449. The molecule has 1 aliphatic heterocycles. The van der Waals surface area contributed by atoms with Gasteiger partial charge in [0.25, 0.3) is 5.91 Å². The van der Waals surface area contributed by atoms with E-state index >= 15 is 0 Å². The average molecular weight is 470 g/mol. The van der Waals surface area contributed by atoms with Gasteiger partial charge in [-0.05, 0) is 57.9 Å². The number of nitrogens with zero attached hydrogens (tertiary/aromatic N) is 1. The van der Waals surface area contributed by atoms with Gasteiger partial charge >= 0.3 is 0 Å². The largest absolute Gasteiger partial charge is 0.496 e. The first-order valence-electron chi connectivity index (χ1n) is 9.25. The van der Waals surface area contributed by atoms with Crippen LogP contribution in [0.2, 0.25) is 0 Å². The normalized spacial score (nSPS) is 15.9. The van der Waals surface area contributed by atoms with Crippen LogP contribution in [-0.2, 0) is 0 Å². The van der Waals surface area contributed by atoms with Crippen LogP contribution < -0.4 is 9.47 Å². The van der Waals surface area contributed by atoms with E-state index in [1.165, 1.54) is 0 Å². The Morgan fingerprint density at radius 3 is 2.55 bits per heavy atom. The summed E-state index contributed by atoms with van der Waals surface area (Å²) in [6, 6.07) is 22.9. The molecular weight excluding hydrogens is 450 g/mol. The molecule has 1 aliphatic rings. The molecule has 4 rings (SSSR count). The van der Waals surface area contributed by atoms with Crippen LogP contribution in [0.1, 0.15) is 21.3 Å². The van der Waals surface area contributed by atoms with Gasteiger partial charge in [-0.1, -0.05) is 36.4 Å². The molecule has 1 unspecified atom stereocenters. The summed E-state index contributed by atoms with van der Waals surface area (Å²) >= 11 is 5.31. The SMILES string of the molecule is COc1ccc(C2SCCN2C(=O)c2ccccc2Oc2ccccc2)cc1Br. The maximum Gasteiger partial charge on any atom is 0.258 e. The van der Waals surface area contributed by atoms with E-state index in [9.17, 15) is 4.79 Å². The third-order valence-electron chi connectivity index (χ3n) is 4.70. The van der Waals surface area contributed by atoms with E-state index in [1.807, 2.05) is 77.7 Å². The van der Waals surface area contributed by atoms with Gasteiger partial charge in [-0.25, -0.2) is 0 Å². The Labute approximate surface area is 183 Å². The molecule has 0 aromatic heterocycles. The summed E-state index contributed by atoms with van der Waals surface area (Å²) in [6.45, 7) is 0.692. The van der Waals surface area contributed by atoms with E-state index in [0.717, 1.165) is 21.5 Å². The van der Waals surface area contributed by atoms with Crippen LogP contribution in [0.15, 0.2) is 77.3 Å². The highest BCUT2D eigenvalue weighted by atomic mass is 79.9. The number of para-hydroxylation sites is 2. The van der Waals surface area contributed by atoms with E-state index in [-0.39, 0.29) is 11.3 Å². The summed E-state index contributed by atoms with van der Waals surface area (Å²) in [4.78, 5) is 15.4. The Morgan fingerprint density at radius 1 is 1.03 bits per heavy atom. The second-order valence-electron chi connectivity index (χ2n) is 6.53. The smallest absolute Gasteiger partial charge is 0.258 e. The molecule has 148 valence electrons. The number of ether oxygens (including phenoxy) is 2. The molecule has 1 fully saturated rings. The highest BCUT2D eigenvalue weighted by molar-refractivity contribution is 9.10. The van der Waals surface area contributed by atoms with Crippen molar-refractivity contribution in [1.82, 2.24) is 4.90 Å². The Kier molecular flexibility index (Phi) is 6.11. The molecule has 1 amide bonds. The molecule has 6 heteroatoms. The third-order valence-corrected chi connectivity index (χ3v) is 6.58. The van der Waals surface area contributed by atoms with Crippen molar-refractivity contribution in [3.63, 3.8) is 0 Å². The van der Waals surface area contributed by atoms with Crippen LogP contribution in [0.4, 0.5) is 0 Å². The zero-order valence-corrected chi connectivity index (χ0v) is 18.3. The number of rotatable bonds is 5. The van der Waals surface area contributed by atoms with Gasteiger partial charge in [0.05, 0.1) is 17.1 Å². The molecule has 0 radical (unpaired) electrons. The van der Waals surface area contributed by atoms with Crippen molar-refractivity contribution >= 4 is 33.6 Å². The number of thioether (sulfide) groups is 1. The zero-order valence-electron chi connectivity index (χ0n) is 15.9. The fourth-order valence-corrected chi connectivity index (χ4v) is 5.10. The fraction of sp³-hybridized carbons (Fsp3) is 0.174. The lowest BCUT2D eigenvalue weighted by molar-refractivity contribution is 0.0757. The number of hydrogen-bond acceptors (Lipinski definition) is 4. The number of amides is 1. The van der Waals surface area contributed by atoms with Crippen molar-refractivity contribution in [2.75, 3.05) is 19.4 Å². The lowest BCUT2D eigenvalue weighted by atomic mass is 10.1. The molecule has 1 heterocycles. The standard InChI is InChI=1S/C23H20BrNO3S/c1-27-21-12-11-16(15-19(21)24)23-25(13-14-29-23)22(26)18-9-5-6-10-20(18)28-17-7-3-2-4-8-17/h2-12,15,23H,13-14H2,1H3. The molecule has 1 saturated heterocycles. The van der Waals surface area contributed by atoms with Crippen LogP contribution in [0.5, 0.6) is 17.2 Å². The number of carbonyl (C=O) groups is 1. The Morgan fingerprint density at radius 2 is 1.79 bits per heavy atom. The van der Waals surface area contributed by atoms with Gasteiger partial charge in [0.15, 0.2) is 0 Å². The van der Waals surface area contributed by atoms with Gasteiger partial charge in [-0.2, -0.15) is 0 Å². The molecule has 3 aromatic carbocycles. The molecular formula is C23H20BrNO3S. The van der Waals surface area contributed by atoms with Gasteiger partial charge in [-0.3, -0.25) is 4.79 Å². The molecule has 0 N–H and O–H groups in total. The number of benzene rings is 3. The van der Waals surface area contributed by atoms with Gasteiger partial charge < -0.3 is 14.4 Å². The first-order chi connectivity index (χ1) is 14.2. The summed E-state index contributed by atoms with van der Waals surface area (Å²) in [5, 5.41) is -0.0468. The minimum atomic E-state index is -0.0468. The van der Waals surface area contributed by atoms with E-state index < -0.39 is 0 Å². The van der Waals surface area contributed by atoms with Gasteiger partial charge in [0.2, 0.25) is 0 Å². The minimum Gasteiger partial charge on any atom is -0.496 e. The Hall–Kier alpha value is -2.44. The van der Waals surface area contributed by atoms with Crippen LogP contribution >= 0.6 is 27.7 Å². The maximum absolute atomic E-state index is 13.4. The maximum atomic E-state index is 13.4. The van der Waals surface area contributed by atoms with Crippen LogP contribution in [0.3, 0.4) is 0 Å². The van der Waals surface area contributed by atoms with Crippen molar-refractivity contribution in [2.45, 2.75) is 5.37 Å². The van der Waals surface area contributed by atoms with Crippen molar-refractivity contribution in [1.29, 1.82) is 0 Å². The molecule has 0 bridgehead atoms. The Bertz CT molecular complexity index is 1010. The van der Waals surface area contributed by atoms with Crippen LogP contribution in [-0.4, -0.2) is 30.2 Å². The van der Waals surface area contributed by atoms with Crippen molar-refractivity contribution in [3.8, 4) is 17.2 Å². The van der Waals surface area contributed by atoms with Gasteiger partial charge in [0, 0.05) is 12.3 Å². The first-order valence-corrected chi connectivity index (χ1v) is 11.1. The second-order valence-corrected chi connectivity index (χ2v) is 8.57. The first kappa shape index (κ1) is 19.9. The van der Waals surface area contributed by atoms with E-state index in [0.29, 0.717) is 23.6 Å². The lowest BCUT2D eigenvalue weighted by Crippen LogP contribution is -2.30. The predicted molar refractivity (Wildman–Crippen MR) is 120 cm³/mol. The zero-order chi connectivity index (χ0) is 20.2. The number of methoxy groups -OCH3 is 1. The molecule has 0 aliphatic carbocycles. The highest BCUT2D eigenvalue weighted by Crippen LogP contribution is 2.41. The minimum absolute atomic E-state index is 0.0292. The summed E-state index contributed by atoms with van der Waals surface area (Å²) in [6.07, 6.45) is 0. The topological polar surface area (TPSA) is 38.8 Å². The summed E-state index contributed by atoms with van der Waals surface area (Å²) in [7, 11) is 1.64. The van der Waals surface area contributed by atoms with E-state index in [4.69, 9.17) is 9.47 Å². The number of carbonyl (C=O) groups excluding carboxylic acids is 1. The van der Waals surface area contributed by atoms with Gasteiger partial charge in [0.1, 0.15) is 22.6 Å². The molecule has 3 aromatic rings. The van der Waals surface area contributed by atoms with Crippen LogP contribution in [0.25, 0.3) is 0 Å². The van der Waals surface area contributed by atoms with Gasteiger partial charge in [-0.15, -0.1) is 11.8 Å². The summed E-state index contributed by atoms with van der Waals surface area (Å²) < 4.78 is 12.2. The van der Waals surface area contributed by atoms with Crippen LogP contribution in [0, 0.1) is 0 Å². The molecule has 4 nitrogen and oxygen atoms in total. The molecule has 1 atom stereocenters. The third kappa shape index (κ3) is 4.28. The summed E-state index contributed by atoms with van der Waals surface area (Å²) in [5.74, 6) is 2.91. The lowest BCUT2D eigenvalue weighted by Gasteiger charge is -2.25. The van der Waals surface area contributed by atoms with E-state index in [2.05, 4.69) is 15.9 Å². The highest BCUT2D eigenvalue weighted by Gasteiger charge is 2.33. The van der Waals surface area contributed by atoms with Crippen molar-refractivity contribution < 1.29 is 14.3 Å². The number of hydrogen-bond donors (Lipinski definition) is 0. The average Bonchev–Trinajstić information content (AvgIpc) is 3.24. The second kappa shape index (κ2) is 8.93. The predicted octanol–water partition coefficient (Wildman–Crippen LogP) is 6.14.